The summed E-state index contributed by atoms with van der Waals surface area (Å²) in [6.45, 7) is 5.91. The van der Waals surface area contributed by atoms with Gasteiger partial charge in [0, 0.05) is 24.8 Å². The second-order valence-corrected chi connectivity index (χ2v) is 8.66. The van der Waals surface area contributed by atoms with Gasteiger partial charge in [0.05, 0.1) is 6.10 Å². The molecule has 5 heteroatoms. The van der Waals surface area contributed by atoms with Crippen LogP contribution < -0.4 is 5.32 Å². The van der Waals surface area contributed by atoms with Gasteiger partial charge < -0.3 is 15.3 Å². The van der Waals surface area contributed by atoms with Crippen molar-refractivity contribution in [3.05, 3.63) is 29.3 Å². The maximum atomic E-state index is 13.4. The van der Waals surface area contributed by atoms with Gasteiger partial charge in [-0.1, -0.05) is 18.2 Å². The molecule has 1 amide bonds. The van der Waals surface area contributed by atoms with E-state index < -0.39 is 5.54 Å². The number of nitrogens with one attached hydrogen (secondary N) is 1. The zero-order valence-corrected chi connectivity index (χ0v) is 17.3. The van der Waals surface area contributed by atoms with E-state index in [9.17, 15) is 9.90 Å². The average molecular weight is 374 g/mol. The van der Waals surface area contributed by atoms with Crippen molar-refractivity contribution < 1.29 is 9.90 Å². The summed E-state index contributed by atoms with van der Waals surface area (Å²) in [7, 11) is 4.04. The first-order chi connectivity index (χ1) is 12.8. The summed E-state index contributed by atoms with van der Waals surface area (Å²) < 4.78 is 0. The van der Waals surface area contributed by atoms with Crippen molar-refractivity contribution in [2.24, 2.45) is 0 Å². The molecular formula is C22H35N3O2. The molecule has 27 heavy (non-hydrogen) atoms. The van der Waals surface area contributed by atoms with Gasteiger partial charge in [-0.15, -0.1) is 0 Å². The molecular weight excluding hydrogens is 338 g/mol. The lowest BCUT2D eigenvalue weighted by atomic mass is 9.82. The number of rotatable bonds is 4. The van der Waals surface area contributed by atoms with E-state index >= 15 is 0 Å². The minimum absolute atomic E-state index is 0.105. The Morgan fingerprint density at radius 2 is 1.81 bits per heavy atom. The zero-order chi connectivity index (χ0) is 19.6. The van der Waals surface area contributed by atoms with Crippen molar-refractivity contribution in [2.75, 3.05) is 32.5 Å². The van der Waals surface area contributed by atoms with E-state index in [2.05, 4.69) is 15.1 Å². The van der Waals surface area contributed by atoms with E-state index in [0.29, 0.717) is 6.04 Å². The van der Waals surface area contributed by atoms with Crippen LogP contribution in [0.2, 0.25) is 0 Å². The van der Waals surface area contributed by atoms with E-state index in [0.717, 1.165) is 62.0 Å². The highest BCUT2D eigenvalue weighted by Crippen LogP contribution is 2.33. The molecule has 0 spiro atoms. The Balaban J connectivity index is 1.71. The van der Waals surface area contributed by atoms with E-state index in [4.69, 9.17) is 0 Å². The number of benzene rings is 1. The molecule has 1 saturated heterocycles. The van der Waals surface area contributed by atoms with Gasteiger partial charge in [0.1, 0.15) is 5.54 Å². The zero-order valence-electron chi connectivity index (χ0n) is 17.3. The van der Waals surface area contributed by atoms with Crippen molar-refractivity contribution in [1.29, 1.82) is 0 Å². The van der Waals surface area contributed by atoms with Crippen LogP contribution in [0, 0.1) is 13.8 Å². The molecule has 2 fully saturated rings. The largest absolute Gasteiger partial charge is 0.393 e. The van der Waals surface area contributed by atoms with Crippen LogP contribution in [0.4, 0.5) is 5.69 Å². The predicted molar refractivity (Wildman–Crippen MR) is 110 cm³/mol. The van der Waals surface area contributed by atoms with E-state index in [1.807, 2.05) is 46.1 Å². The summed E-state index contributed by atoms with van der Waals surface area (Å²) in [5, 5.41) is 13.2. The summed E-state index contributed by atoms with van der Waals surface area (Å²) in [6, 6.07) is 6.58. The number of aliphatic hydroxyl groups excluding tert-OH is 1. The highest BCUT2D eigenvalue weighted by atomic mass is 16.3. The molecule has 2 N–H and O–H groups in total. The second-order valence-electron chi connectivity index (χ2n) is 8.66. The number of nitrogens with zero attached hydrogens (tertiary/aromatic N) is 2. The third-order valence-corrected chi connectivity index (χ3v) is 6.76. The van der Waals surface area contributed by atoms with Gasteiger partial charge in [0.15, 0.2) is 0 Å². The van der Waals surface area contributed by atoms with Crippen LogP contribution in [0.25, 0.3) is 0 Å². The van der Waals surface area contributed by atoms with Gasteiger partial charge in [0.2, 0.25) is 5.91 Å². The van der Waals surface area contributed by atoms with E-state index in [-0.39, 0.29) is 12.0 Å². The minimum Gasteiger partial charge on any atom is -0.393 e. The van der Waals surface area contributed by atoms with Gasteiger partial charge >= 0.3 is 0 Å². The normalized spacial score (nSPS) is 26.1. The molecule has 1 heterocycles. The Hall–Kier alpha value is -1.43. The van der Waals surface area contributed by atoms with Crippen molar-refractivity contribution in [3.63, 3.8) is 0 Å². The fourth-order valence-electron chi connectivity index (χ4n) is 4.85. The molecule has 2 atom stereocenters. The number of amides is 1. The SMILES string of the molecule is Cc1cccc(C)c1NC(=O)C1(N(C)C)CCN([C@H]2CCC[C@H](O)C2)CC1. The van der Waals surface area contributed by atoms with Gasteiger partial charge in [-0.2, -0.15) is 0 Å². The predicted octanol–water partition coefficient (Wildman–Crippen LogP) is 2.94. The fraction of sp³-hybridized carbons (Fsp3) is 0.682. The standard InChI is InChI=1S/C22H35N3O2/c1-16-7-5-8-17(2)20(16)23-21(27)22(24(3)4)11-13-25(14-12-22)18-9-6-10-19(26)15-18/h5,7-8,18-19,26H,6,9-15H2,1-4H3,(H,23,27)/t18-,19-/m0/s1. The monoisotopic (exact) mass is 373 g/mol. The Kier molecular flexibility index (Phi) is 6.24. The van der Waals surface area contributed by atoms with Gasteiger partial charge in [-0.25, -0.2) is 0 Å². The summed E-state index contributed by atoms with van der Waals surface area (Å²) in [5.41, 5.74) is 2.68. The molecule has 0 unspecified atom stereocenters. The van der Waals surface area contributed by atoms with E-state index in [1.54, 1.807) is 0 Å². The van der Waals surface area contributed by atoms with Crippen LogP contribution in [-0.2, 0) is 4.79 Å². The lowest BCUT2D eigenvalue weighted by molar-refractivity contribution is -0.130. The minimum atomic E-state index is -0.474. The first-order valence-corrected chi connectivity index (χ1v) is 10.3. The lowest BCUT2D eigenvalue weighted by Crippen LogP contribution is -2.61. The smallest absolute Gasteiger partial charge is 0.244 e. The van der Waals surface area contributed by atoms with Gasteiger partial charge in [-0.05, 0) is 77.6 Å². The number of para-hydroxylation sites is 1. The highest BCUT2D eigenvalue weighted by Gasteiger charge is 2.44. The topological polar surface area (TPSA) is 55.8 Å². The molecule has 1 aromatic carbocycles. The molecule has 5 nitrogen and oxygen atoms in total. The van der Waals surface area contributed by atoms with Crippen molar-refractivity contribution >= 4 is 11.6 Å². The Morgan fingerprint density at radius 3 is 2.37 bits per heavy atom. The molecule has 1 aliphatic heterocycles. The fourth-order valence-corrected chi connectivity index (χ4v) is 4.85. The third-order valence-electron chi connectivity index (χ3n) is 6.76. The molecule has 150 valence electrons. The lowest BCUT2D eigenvalue weighted by Gasteiger charge is -2.47. The molecule has 0 radical (unpaired) electrons. The maximum Gasteiger partial charge on any atom is 0.244 e. The Bertz CT molecular complexity index is 645. The molecule has 0 bridgehead atoms. The van der Waals surface area contributed by atoms with Crippen LogP contribution in [0.5, 0.6) is 0 Å². The number of likely N-dealkylation sites (N-methyl/N-ethyl adjacent to an activating group) is 1. The Morgan fingerprint density at radius 1 is 1.19 bits per heavy atom. The maximum absolute atomic E-state index is 13.4. The number of likely N-dealkylation sites (tertiary alicyclic amines) is 1. The summed E-state index contributed by atoms with van der Waals surface area (Å²) in [4.78, 5) is 18.0. The highest BCUT2D eigenvalue weighted by molar-refractivity contribution is 5.99. The number of anilines is 1. The second kappa shape index (κ2) is 8.29. The molecule has 1 aliphatic carbocycles. The number of hydrogen-bond acceptors (Lipinski definition) is 4. The van der Waals surface area contributed by atoms with E-state index in [1.165, 1.54) is 6.42 Å². The van der Waals surface area contributed by atoms with Crippen LogP contribution in [0.15, 0.2) is 18.2 Å². The number of hydrogen-bond donors (Lipinski definition) is 2. The summed E-state index contributed by atoms with van der Waals surface area (Å²) >= 11 is 0. The molecule has 1 aromatic rings. The third kappa shape index (κ3) is 4.20. The van der Waals surface area contributed by atoms with Gasteiger partial charge in [0.25, 0.3) is 0 Å². The summed E-state index contributed by atoms with van der Waals surface area (Å²) in [6.07, 6.45) is 5.58. The molecule has 0 aromatic heterocycles. The number of carbonyl (C=O) groups excluding carboxylic acids is 1. The number of piperidine rings is 1. The van der Waals surface area contributed by atoms with Gasteiger partial charge in [-0.3, -0.25) is 9.69 Å². The number of carbonyl (C=O) groups is 1. The number of aryl methyl sites for hydroxylation is 2. The quantitative estimate of drug-likeness (QED) is 0.852. The average Bonchev–Trinajstić information content (AvgIpc) is 2.64. The van der Waals surface area contributed by atoms with Crippen LogP contribution >= 0.6 is 0 Å². The molecule has 1 saturated carbocycles. The van der Waals surface area contributed by atoms with Crippen molar-refractivity contribution in [3.8, 4) is 0 Å². The first-order valence-electron chi connectivity index (χ1n) is 10.3. The molecule has 3 rings (SSSR count). The van der Waals surface area contributed by atoms with Crippen molar-refractivity contribution in [2.45, 2.75) is 70.1 Å². The summed E-state index contributed by atoms with van der Waals surface area (Å²) in [5.74, 6) is 0.105. The Labute approximate surface area is 163 Å². The molecule has 2 aliphatic rings. The van der Waals surface area contributed by atoms with Crippen molar-refractivity contribution in [1.82, 2.24) is 9.80 Å². The van der Waals surface area contributed by atoms with Crippen LogP contribution in [-0.4, -0.2) is 65.7 Å². The van der Waals surface area contributed by atoms with Crippen LogP contribution in [0.3, 0.4) is 0 Å². The first kappa shape index (κ1) is 20.3. The van der Waals surface area contributed by atoms with Crippen LogP contribution in [0.1, 0.15) is 49.7 Å². The number of aliphatic hydroxyl groups is 1.